The van der Waals surface area contributed by atoms with Crippen LogP contribution in [0.3, 0.4) is 0 Å². The van der Waals surface area contributed by atoms with Gasteiger partial charge in [0.1, 0.15) is 12.3 Å². The first-order valence-electron chi connectivity index (χ1n) is 12.4. The van der Waals surface area contributed by atoms with E-state index in [1.165, 1.54) is 0 Å². The Balaban J connectivity index is 1.62. The minimum atomic E-state index is -0.343. The molecule has 0 aliphatic carbocycles. The van der Waals surface area contributed by atoms with Gasteiger partial charge in [0.15, 0.2) is 0 Å². The number of carbonyl (C=O) groups is 2. The van der Waals surface area contributed by atoms with Gasteiger partial charge in [-0.25, -0.2) is 4.98 Å². The van der Waals surface area contributed by atoms with Gasteiger partial charge in [0.05, 0.1) is 12.8 Å². The van der Waals surface area contributed by atoms with Crippen molar-refractivity contribution in [3.63, 3.8) is 0 Å². The van der Waals surface area contributed by atoms with E-state index in [4.69, 9.17) is 21.3 Å². The quantitative estimate of drug-likeness (QED) is 0.277. The van der Waals surface area contributed by atoms with E-state index in [9.17, 15) is 9.59 Å². The molecule has 1 heterocycles. The van der Waals surface area contributed by atoms with Crippen molar-refractivity contribution < 1.29 is 14.3 Å². The molecule has 0 bridgehead atoms. The van der Waals surface area contributed by atoms with Crippen LogP contribution >= 0.6 is 11.6 Å². The fraction of sp³-hybridized carbons (Fsp3) is 0.233. The van der Waals surface area contributed by atoms with E-state index in [1.54, 1.807) is 48.4 Å². The lowest BCUT2D eigenvalue weighted by atomic mass is 10.1. The van der Waals surface area contributed by atoms with E-state index in [-0.39, 0.29) is 24.3 Å². The number of amides is 2. The van der Waals surface area contributed by atoms with Crippen molar-refractivity contribution in [3.8, 4) is 22.7 Å². The number of halogens is 1. The minimum absolute atomic E-state index is 0.120. The molecule has 0 fully saturated rings. The van der Waals surface area contributed by atoms with E-state index in [2.05, 4.69) is 5.32 Å². The Morgan fingerprint density at radius 2 is 1.79 bits per heavy atom. The average Bonchev–Trinajstić information content (AvgIpc) is 3.31. The number of nitrogens with one attached hydrogen (secondary N) is 1. The van der Waals surface area contributed by atoms with Crippen LogP contribution < -0.4 is 10.1 Å². The van der Waals surface area contributed by atoms with E-state index in [1.807, 2.05) is 67.9 Å². The molecule has 4 aromatic rings. The highest BCUT2D eigenvalue weighted by Gasteiger charge is 2.22. The first-order valence-corrected chi connectivity index (χ1v) is 12.8. The molecular weight excluding hydrogens is 500 g/mol. The molecule has 0 unspecified atom stereocenters. The zero-order chi connectivity index (χ0) is 27.2. The number of carbonyl (C=O) groups excluding carboxylic acids is 2. The van der Waals surface area contributed by atoms with Gasteiger partial charge in [-0.3, -0.25) is 19.5 Å². The predicted octanol–water partition coefficient (Wildman–Crippen LogP) is 6.25. The van der Waals surface area contributed by atoms with Crippen LogP contribution in [-0.4, -0.2) is 46.5 Å². The summed E-state index contributed by atoms with van der Waals surface area (Å²) in [6.07, 6.45) is 1.88. The average molecular weight is 531 g/mol. The molecule has 0 aliphatic rings. The lowest BCUT2D eigenvalue weighted by Crippen LogP contribution is -2.40. The Morgan fingerprint density at radius 1 is 1.05 bits per heavy atom. The first kappa shape index (κ1) is 26.9. The number of nitrogens with zero attached hydrogens (tertiary/aromatic N) is 3. The number of aromatic nitrogens is 2. The summed E-state index contributed by atoms with van der Waals surface area (Å²) in [5.74, 6) is 0.535. The molecule has 0 saturated heterocycles. The lowest BCUT2D eigenvalue weighted by Gasteiger charge is -2.24. The van der Waals surface area contributed by atoms with Crippen molar-refractivity contribution in [2.75, 3.05) is 25.5 Å². The van der Waals surface area contributed by atoms with Crippen molar-refractivity contribution in [1.82, 2.24) is 14.5 Å². The number of hydrogen-bond acceptors (Lipinski definition) is 4. The summed E-state index contributed by atoms with van der Waals surface area (Å²) in [6, 6.07) is 22.2. The number of imidazole rings is 1. The highest BCUT2D eigenvalue weighted by atomic mass is 35.5. The third-order valence-corrected chi connectivity index (χ3v) is 6.15. The van der Waals surface area contributed by atoms with Gasteiger partial charge >= 0.3 is 0 Å². The van der Waals surface area contributed by atoms with Crippen LogP contribution in [0.1, 0.15) is 29.8 Å². The van der Waals surface area contributed by atoms with Gasteiger partial charge in [0.25, 0.3) is 5.91 Å². The van der Waals surface area contributed by atoms with Gasteiger partial charge in [-0.1, -0.05) is 55.8 Å². The van der Waals surface area contributed by atoms with Crippen molar-refractivity contribution in [1.29, 1.82) is 0 Å². The number of rotatable bonds is 9. The summed E-state index contributed by atoms with van der Waals surface area (Å²) in [4.78, 5) is 32.9. The van der Waals surface area contributed by atoms with Crippen molar-refractivity contribution in [3.05, 3.63) is 95.1 Å². The zero-order valence-corrected chi connectivity index (χ0v) is 22.7. The summed E-state index contributed by atoms with van der Waals surface area (Å²) in [7, 11) is 1.55. The molecular formula is C30H31ClN4O3. The second kappa shape index (κ2) is 12.0. The molecule has 196 valence electrons. The Labute approximate surface area is 228 Å². The second-order valence-electron chi connectivity index (χ2n) is 9.53. The van der Waals surface area contributed by atoms with Crippen LogP contribution in [0.25, 0.3) is 16.9 Å². The number of benzene rings is 3. The highest BCUT2D eigenvalue weighted by molar-refractivity contribution is 6.30. The second-order valence-corrected chi connectivity index (χ2v) is 9.96. The topological polar surface area (TPSA) is 76.5 Å². The number of ether oxygens (including phenoxy) is 1. The van der Waals surface area contributed by atoms with Crippen molar-refractivity contribution in [2.45, 2.75) is 20.8 Å². The van der Waals surface area contributed by atoms with Gasteiger partial charge in [-0.2, -0.15) is 0 Å². The number of aryl methyl sites for hydroxylation is 1. The molecule has 1 N–H and O–H groups in total. The smallest absolute Gasteiger partial charge is 0.254 e. The molecule has 8 heteroatoms. The number of anilines is 1. The Hall–Kier alpha value is -4.10. The largest absolute Gasteiger partial charge is 0.497 e. The maximum absolute atomic E-state index is 13.3. The van der Waals surface area contributed by atoms with Crippen LogP contribution in [0.15, 0.2) is 79.0 Å². The molecule has 2 amide bonds. The molecule has 0 saturated carbocycles. The standard InChI is InChI=1S/C30H31ClN4O3/c1-20(2)17-34(29(37)23-8-6-10-26(16-23)38-4)19-28(36)33-30-32-27(22-11-13-24(31)14-12-22)18-35(30)25-9-5-7-21(3)15-25/h5-16,18,20H,17,19H2,1-4H3,(H,32,33,36). The highest BCUT2D eigenvalue weighted by Crippen LogP contribution is 2.26. The Kier molecular flexibility index (Phi) is 8.48. The molecule has 38 heavy (non-hydrogen) atoms. The SMILES string of the molecule is COc1cccc(C(=O)N(CC(=O)Nc2nc(-c3ccc(Cl)cc3)cn2-c2cccc(C)c2)CC(C)C)c1. The van der Waals surface area contributed by atoms with E-state index < -0.39 is 0 Å². The van der Waals surface area contributed by atoms with Crippen molar-refractivity contribution in [2.24, 2.45) is 5.92 Å². The van der Waals surface area contributed by atoms with Crippen LogP contribution in [0.5, 0.6) is 5.75 Å². The summed E-state index contributed by atoms with van der Waals surface area (Å²) in [5, 5.41) is 3.56. The molecule has 3 aromatic carbocycles. The third kappa shape index (κ3) is 6.61. The van der Waals surface area contributed by atoms with Gasteiger partial charge in [0.2, 0.25) is 11.9 Å². The summed E-state index contributed by atoms with van der Waals surface area (Å²) < 4.78 is 7.11. The molecule has 7 nitrogen and oxygen atoms in total. The molecule has 0 aliphatic heterocycles. The normalized spacial score (nSPS) is 10.9. The first-order chi connectivity index (χ1) is 18.2. The van der Waals surface area contributed by atoms with Gasteiger partial charge in [-0.15, -0.1) is 0 Å². The predicted molar refractivity (Wildman–Crippen MR) is 151 cm³/mol. The molecule has 4 rings (SSSR count). The summed E-state index contributed by atoms with van der Waals surface area (Å²) in [6.45, 7) is 6.32. The summed E-state index contributed by atoms with van der Waals surface area (Å²) >= 11 is 6.07. The number of methoxy groups -OCH3 is 1. The monoisotopic (exact) mass is 530 g/mol. The minimum Gasteiger partial charge on any atom is -0.497 e. The summed E-state index contributed by atoms with van der Waals surface area (Å²) in [5.41, 5.74) is 3.95. The van der Waals surface area contributed by atoms with Crippen LogP contribution in [0.4, 0.5) is 5.95 Å². The van der Waals surface area contributed by atoms with Gasteiger partial charge in [-0.05, 0) is 60.9 Å². The van der Waals surface area contributed by atoms with E-state index in [0.717, 1.165) is 16.8 Å². The van der Waals surface area contributed by atoms with Crippen LogP contribution in [0.2, 0.25) is 5.02 Å². The third-order valence-electron chi connectivity index (χ3n) is 5.90. The van der Waals surface area contributed by atoms with Crippen LogP contribution in [0, 0.1) is 12.8 Å². The molecule has 0 radical (unpaired) electrons. The number of hydrogen-bond donors (Lipinski definition) is 1. The van der Waals surface area contributed by atoms with Crippen LogP contribution in [-0.2, 0) is 4.79 Å². The molecule has 0 spiro atoms. The lowest BCUT2D eigenvalue weighted by molar-refractivity contribution is -0.117. The van der Waals surface area contributed by atoms with Crippen molar-refractivity contribution >= 4 is 29.4 Å². The molecule has 0 atom stereocenters. The fourth-order valence-electron chi connectivity index (χ4n) is 4.14. The van der Waals surface area contributed by atoms with Gasteiger partial charge < -0.3 is 9.64 Å². The van der Waals surface area contributed by atoms with Gasteiger partial charge in [0, 0.05) is 34.6 Å². The van der Waals surface area contributed by atoms with E-state index >= 15 is 0 Å². The van der Waals surface area contributed by atoms with E-state index in [0.29, 0.717) is 34.5 Å². The zero-order valence-electron chi connectivity index (χ0n) is 21.9. The Morgan fingerprint density at radius 3 is 2.47 bits per heavy atom. The Bertz CT molecular complexity index is 1430. The maximum Gasteiger partial charge on any atom is 0.254 e. The molecule has 1 aromatic heterocycles. The fourth-order valence-corrected chi connectivity index (χ4v) is 4.27. The maximum atomic E-state index is 13.3.